The molecular formula is C18H18N2O2. The Morgan fingerprint density at radius 3 is 2.77 bits per heavy atom. The van der Waals surface area contributed by atoms with Crippen molar-refractivity contribution in [3.8, 4) is 17.6 Å². The van der Waals surface area contributed by atoms with Gasteiger partial charge in [-0.15, -0.1) is 0 Å². The number of benzene rings is 1. The summed E-state index contributed by atoms with van der Waals surface area (Å²) in [5, 5.41) is 11.6. The zero-order valence-electron chi connectivity index (χ0n) is 12.5. The molecule has 0 saturated heterocycles. The largest absolute Gasteiger partial charge is 0.494 e. The maximum absolute atomic E-state index is 8.62. The number of hydrogen-bond donors (Lipinski definition) is 1. The summed E-state index contributed by atoms with van der Waals surface area (Å²) in [6.07, 6.45) is 4.08. The van der Waals surface area contributed by atoms with Crippen LogP contribution in [0.3, 0.4) is 0 Å². The molecule has 1 N–H and O–H groups in total. The molecule has 0 unspecified atom stereocenters. The van der Waals surface area contributed by atoms with E-state index in [0.29, 0.717) is 17.1 Å². The molecule has 112 valence electrons. The van der Waals surface area contributed by atoms with Crippen LogP contribution in [0.1, 0.15) is 29.8 Å². The molecule has 0 saturated carbocycles. The summed E-state index contributed by atoms with van der Waals surface area (Å²) in [5.41, 5.74) is 2.42. The molecule has 2 rings (SSSR count). The first-order valence-corrected chi connectivity index (χ1v) is 7.08. The Hall–Kier alpha value is -2.80. The molecule has 0 bridgehead atoms. The van der Waals surface area contributed by atoms with E-state index in [1.54, 1.807) is 19.2 Å². The fourth-order valence-corrected chi connectivity index (χ4v) is 2.03. The Kier molecular flexibility index (Phi) is 6.01. The summed E-state index contributed by atoms with van der Waals surface area (Å²) in [7, 11) is 1.54. The highest BCUT2D eigenvalue weighted by molar-refractivity contribution is 5.80. The van der Waals surface area contributed by atoms with Crippen LogP contribution in [0.2, 0.25) is 0 Å². The van der Waals surface area contributed by atoms with Gasteiger partial charge in [0.2, 0.25) is 0 Å². The summed E-state index contributed by atoms with van der Waals surface area (Å²) in [5.74, 6) is 6.69. The molecule has 0 fully saturated rings. The zero-order valence-corrected chi connectivity index (χ0v) is 12.5. The maximum atomic E-state index is 8.62. The number of aryl methyl sites for hydroxylation is 1. The normalized spacial score (nSPS) is 10.2. The SMILES string of the molecule is COc1ccc(C#CCCCc2ccccc2)nc1/C=N\O. The van der Waals surface area contributed by atoms with Gasteiger partial charge in [0.15, 0.2) is 0 Å². The third-order valence-electron chi connectivity index (χ3n) is 3.11. The van der Waals surface area contributed by atoms with Gasteiger partial charge in [-0.25, -0.2) is 4.98 Å². The van der Waals surface area contributed by atoms with Gasteiger partial charge in [0, 0.05) is 6.42 Å². The van der Waals surface area contributed by atoms with Crippen LogP contribution in [0.15, 0.2) is 47.6 Å². The lowest BCUT2D eigenvalue weighted by Gasteiger charge is -2.02. The lowest BCUT2D eigenvalue weighted by atomic mass is 10.1. The number of methoxy groups -OCH3 is 1. The summed E-state index contributed by atoms with van der Waals surface area (Å²) >= 11 is 0. The monoisotopic (exact) mass is 294 g/mol. The topological polar surface area (TPSA) is 54.7 Å². The van der Waals surface area contributed by atoms with Crippen LogP contribution in [-0.2, 0) is 6.42 Å². The summed E-state index contributed by atoms with van der Waals surface area (Å²) in [6, 6.07) is 13.9. The van der Waals surface area contributed by atoms with Crippen LogP contribution in [0.25, 0.3) is 0 Å². The van der Waals surface area contributed by atoms with Gasteiger partial charge in [0.05, 0.1) is 13.3 Å². The van der Waals surface area contributed by atoms with E-state index >= 15 is 0 Å². The van der Waals surface area contributed by atoms with Gasteiger partial charge in [-0.2, -0.15) is 0 Å². The van der Waals surface area contributed by atoms with Gasteiger partial charge in [-0.3, -0.25) is 0 Å². The molecule has 0 aliphatic heterocycles. The number of ether oxygens (including phenoxy) is 1. The Morgan fingerprint density at radius 1 is 1.23 bits per heavy atom. The van der Waals surface area contributed by atoms with E-state index in [9.17, 15) is 0 Å². The van der Waals surface area contributed by atoms with E-state index in [-0.39, 0.29) is 0 Å². The van der Waals surface area contributed by atoms with E-state index in [2.05, 4.69) is 34.1 Å². The number of pyridine rings is 1. The van der Waals surface area contributed by atoms with Crippen LogP contribution < -0.4 is 4.74 Å². The van der Waals surface area contributed by atoms with Gasteiger partial charge < -0.3 is 9.94 Å². The highest BCUT2D eigenvalue weighted by Gasteiger charge is 2.02. The molecule has 0 atom stereocenters. The molecule has 0 radical (unpaired) electrons. The molecular weight excluding hydrogens is 276 g/mol. The van der Waals surface area contributed by atoms with Crippen molar-refractivity contribution in [3.63, 3.8) is 0 Å². The molecule has 0 amide bonds. The summed E-state index contributed by atoms with van der Waals surface area (Å²) in [4.78, 5) is 4.28. The molecule has 0 aliphatic carbocycles. The van der Waals surface area contributed by atoms with Gasteiger partial charge in [0.25, 0.3) is 0 Å². The number of rotatable bonds is 5. The molecule has 4 heteroatoms. The molecule has 0 spiro atoms. The number of aromatic nitrogens is 1. The van der Waals surface area contributed by atoms with Crippen LogP contribution in [0, 0.1) is 11.8 Å². The van der Waals surface area contributed by atoms with E-state index < -0.39 is 0 Å². The fourth-order valence-electron chi connectivity index (χ4n) is 2.03. The lowest BCUT2D eigenvalue weighted by molar-refractivity contribution is 0.321. The molecule has 1 aromatic carbocycles. The van der Waals surface area contributed by atoms with E-state index in [1.165, 1.54) is 11.8 Å². The summed E-state index contributed by atoms with van der Waals surface area (Å²) in [6.45, 7) is 0. The van der Waals surface area contributed by atoms with Crippen LogP contribution in [0.4, 0.5) is 0 Å². The third kappa shape index (κ3) is 4.64. The quantitative estimate of drug-likeness (QED) is 0.303. The Bertz CT molecular complexity index is 685. The van der Waals surface area contributed by atoms with Crippen molar-refractivity contribution >= 4 is 6.21 Å². The average Bonchev–Trinajstić information content (AvgIpc) is 2.56. The van der Waals surface area contributed by atoms with Crippen LogP contribution in [0.5, 0.6) is 5.75 Å². The minimum absolute atomic E-state index is 0.459. The maximum Gasteiger partial charge on any atom is 0.146 e. The first-order valence-electron chi connectivity index (χ1n) is 7.08. The van der Waals surface area contributed by atoms with Gasteiger partial charge >= 0.3 is 0 Å². The van der Waals surface area contributed by atoms with Crippen molar-refractivity contribution in [2.75, 3.05) is 7.11 Å². The van der Waals surface area contributed by atoms with Crippen LogP contribution in [-0.4, -0.2) is 23.5 Å². The predicted molar refractivity (Wildman–Crippen MR) is 86.4 cm³/mol. The van der Waals surface area contributed by atoms with E-state index in [4.69, 9.17) is 9.94 Å². The Balaban J connectivity index is 1.92. The third-order valence-corrected chi connectivity index (χ3v) is 3.11. The van der Waals surface area contributed by atoms with Crippen molar-refractivity contribution in [1.82, 2.24) is 4.98 Å². The molecule has 2 aromatic rings. The minimum Gasteiger partial charge on any atom is -0.494 e. The number of oxime groups is 1. The summed E-state index contributed by atoms with van der Waals surface area (Å²) < 4.78 is 5.13. The average molecular weight is 294 g/mol. The van der Waals surface area contributed by atoms with Crippen molar-refractivity contribution in [3.05, 3.63) is 59.4 Å². The van der Waals surface area contributed by atoms with Crippen molar-refractivity contribution in [2.24, 2.45) is 5.16 Å². The van der Waals surface area contributed by atoms with E-state index in [1.807, 2.05) is 18.2 Å². The molecule has 4 nitrogen and oxygen atoms in total. The number of nitrogens with zero attached hydrogens (tertiary/aromatic N) is 2. The first kappa shape index (κ1) is 15.6. The molecule has 22 heavy (non-hydrogen) atoms. The van der Waals surface area contributed by atoms with E-state index in [0.717, 1.165) is 19.3 Å². The molecule has 0 aliphatic rings. The fraction of sp³-hybridized carbons (Fsp3) is 0.222. The van der Waals surface area contributed by atoms with Crippen molar-refractivity contribution in [1.29, 1.82) is 0 Å². The van der Waals surface area contributed by atoms with Crippen LogP contribution >= 0.6 is 0 Å². The highest BCUT2D eigenvalue weighted by atomic mass is 16.5. The van der Waals surface area contributed by atoms with Gasteiger partial charge in [-0.05, 0) is 36.5 Å². The molecule has 1 heterocycles. The first-order chi connectivity index (χ1) is 10.8. The second kappa shape index (κ2) is 8.48. The number of hydrogen-bond acceptors (Lipinski definition) is 4. The zero-order chi connectivity index (χ0) is 15.6. The second-order valence-corrected chi connectivity index (χ2v) is 4.67. The van der Waals surface area contributed by atoms with Crippen molar-refractivity contribution in [2.45, 2.75) is 19.3 Å². The second-order valence-electron chi connectivity index (χ2n) is 4.67. The standard InChI is InChI=1S/C18H18N2O2/c1-22-18-13-12-16(20-17(18)14-19-21)11-7-3-6-10-15-8-4-2-5-9-15/h2,4-5,8-9,12-14,21H,3,6,10H2,1H3/b19-14-. The van der Waals surface area contributed by atoms with Crippen molar-refractivity contribution < 1.29 is 9.94 Å². The highest BCUT2D eigenvalue weighted by Crippen LogP contribution is 2.14. The van der Waals surface area contributed by atoms with Gasteiger partial charge in [-0.1, -0.05) is 41.4 Å². The van der Waals surface area contributed by atoms with Gasteiger partial charge in [0.1, 0.15) is 17.1 Å². The number of unbranched alkanes of at least 4 members (excludes halogenated alkanes) is 1. The lowest BCUT2D eigenvalue weighted by Crippen LogP contribution is -1.96. The Labute approximate surface area is 130 Å². The minimum atomic E-state index is 0.459. The Morgan fingerprint density at radius 2 is 2.05 bits per heavy atom. The molecule has 1 aromatic heterocycles. The smallest absolute Gasteiger partial charge is 0.146 e. The predicted octanol–water partition coefficient (Wildman–Crippen LogP) is 3.27.